The van der Waals surface area contributed by atoms with Gasteiger partial charge in [-0.25, -0.2) is 4.90 Å². The molecular weight excluding hydrogens is 464 g/mol. The van der Waals surface area contributed by atoms with Crippen LogP contribution in [0.5, 0.6) is 11.5 Å². The number of aryl methyl sites for hydroxylation is 1. The van der Waals surface area contributed by atoms with Crippen molar-refractivity contribution in [3.05, 3.63) is 96.1 Å². The summed E-state index contributed by atoms with van der Waals surface area (Å²) in [6.45, 7) is 2.02. The van der Waals surface area contributed by atoms with Gasteiger partial charge in [0, 0.05) is 11.3 Å². The molecule has 2 saturated carbocycles. The highest BCUT2D eigenvalue weighted by Gasteiger charge is 2.67. The molecule has 5 aliphatic rings. The average molecular weight is 491 g/mol. The van der Waals surface area contributed by atoms with Crippen LogP contribution in [0, 0.1) is 42.4 Å². The molecule has 0 aromatic heterocycles. The highest BCUT2D eigenvalue weighted by molar-refractivity contribution is 6.23. The minimum atomic E-state index is -0.312. The fraction of sp³-hybridized carbons (Fsp3) is 0.258. The second-order valence-corrected chi connectivity index (χ2v) is 10.6. The SMILES string of the molecule is Cc1ccc(Oc2ccc(NC(=O)c3cccc(N4C(=O)[C@@H]5[C@H]6C=C[C@@H]([C@@H]7C[C@H]67)[C@H]5C4=O)c3)cc2)cc1. The van der Waals surface area contributed by atoms with Gasteiger partial charge in [-0.1, -0.05) is 35.9 Å². The van der Waals surface area contributed by atoms with Crippen LogP contribution < -0.4 is 15.0 Å². The van der Waals surface area contributed by atoms with Gasteiger partial charge in [-0.05, 0) is 91.6 Å². The summed E-state index contributed by atoms with van der Waals surface area (Å²) in [4.78, 5) is 41.2. The largest absolute Gasteiger partial charge is 0.457 e. The van der Waals surface area contributed by atoms with Crippen LogP contribution in [0.3, 0.4) is 0 Å². The van der Waals surface area contributed by atoms with Crippen LogP contribution in [0.2, 0.25) is 0 Å². The Morgan fingerprint density at radius 3 is 2.05 bits per heavy atom. The number of ether oxygens (including phenoxy) is 1. The Kier molecular flexibility index (Phi) is 4.86. The van der Waals surface area contributed by atoms with E-state index in [1.807, 2.05) is 31.2 Å². The smallest absolute Gasteiger partial charge is 0.255 e. The topological polar surface area (TPSA) is 75.7 Å². The Balaban J connectivity index is 1.06. The zero-order valence-electron chi connectivity index (χ0n) is 20.3. The second-order valence-electron chi connectivity index (χ2n) is 10.6. The lowest BCUT2D eigenvalue weighted by Crippen LogP contribution is -2.40. The number of imide groups is 1. The molecule has 1 saturated heterocycles. The van der Waals surface area contributed by atoms with E-state index in [0.29, 0.717) is 34.5 Å². The van der Waals surface area contributed by atoms with Crippen molar-refractivity contribution in [2.75, 3.05) is 10.2 Å². The van der Waals surface area contributed by atoms with Gasteiger partial charge in [0.1, 0.15) is 11.5 Å². The summed E-state index contributed by atoms with van der Waals surface area (Å²) in [6.07, 6.45) is 5.45. The molecule has 3 aromatic carbocycles. The van der Waals surface area contributed by atoms with Crippen LogP contribution in [0.15, 0.2) is 84.9 Å². The van der Waals surface area contributed by atoms with Crippen molar-refractivity contribution in [1.29, 1.82) is 0 Å². The predicted molar refractivity (Wildman–Crippen MR) is 139 cm³/mol. The van der Waals surface area contributed by atoms with Crippen molar-refractivity contribution in [3.63, 3.8) is 0 Å². The van der Waals surface area contributed by atoms with Crippen LogP contribution >= 0.6 is 0 Å². The van der Waals surface area contributed by atoms with E-state index in [2.05, 4.69) is 17.5 Å². The van der Waals surface area contributed by atoms with E-state index in [-0.39, 0.29) is 41.4 Å². The lowest BCUT2D eigenvalue weighted by Gasteiger charge is -2.37. The first-order valence-electron chi connectivity index (χ1n) is 12.8. The van der Waals surface area contributed by atoms with E-state index in [9.17, 15) is 14.4 Å². The predicted octanol–water partition coefficient (Wildman–Crippen LogP) is 5.60. The number of hydrogen-bond acceptors (Lipinski definition) is 4. The standard InChI is InChI=1S/C31H26N2O4/c1-17-5-9-21(10-6-17)37-22-11-7-19(8-12-22)32-29(34)18-3-2-4-20(15-18)33-30(35)27-23-13-14-24(26-16-25(23)26)28(27)31(33)36/h2-15,23-28H,16H2,1H3,(H,32,34)/t23-,24-,25-,26+,27+,28+/m0/s1. The van der Waals surface area contributed by atoms with E-state index in [1.54, 1.807) is 48.5 Å². The third-order valence-electron chi connectivity index (χ3n) is 8.40. The van der Waals surface area contributed by atoms with Crippen molar-refractivity contribution < 1.29 is 19.1 Å². The number of carbonyl (C=O) groups excluding carboxylic acids is 3. The lowest BCUT2D eigenvalue weighted by molar-refractivity contribution is -0.124. The number of nitrogens with one attached hydrogen (secondary N) is 1. The summed E-state index contributed by atoms with van der Waals surface area (Å²) >= 11 is 0. The van der Waals surface area contributed by atoms with E-state index < -0.39 is 0 Å². The maximum Gasteiger partial charge on any atom is 0.255 e. The molecule has 0 unspecified atom stereocenters. The van der Waals surface area contributed by atoms with Gasteiger partial charge in [0.05, 0.1) is 17.5 Å². The summed E-state index contributed by atoms with van der Waals surface area (Å²) < 4.78 is 5.85. The first-order valence-corrected chi connectivity index (χ1v) is 12.8. The number of allylic oxidation sites excluding steroid dienone is 2. The molecule has 2 bridgehead atoms. The molecule has 1 N–H and O–H groups in total. The number of anilines is 2. The fourth-order valence-corrected chi connectivity index (χ4v) is 6.55. The maximum absolute atomic E-state index is 13.4. The zero-order valence-corrected chi connectivity index (χ0v) is 20.3. The van der Waals surface area contributed by atoms with E-state index in [0.717, 1.165) is 17.7 Å². The number of nitrogens with zero attached hydrogens (tertiary/aromatic N) is 1. The molecule has 184 valence electrons. The van der Waals surface area contributed by atoms with E-state index >= 15 is 0 Å². The van der Waals surface area contributed by atoms with Crippen molar-refractivity contribution in [3.8, 4) is 11.5 Å². The van der Waals surface area contributed by atoms with Crippen LogP contribution in [0.1, 0.15) is 22.3 Å². The minimum absolute atomic E-state index is 0.124. The monoisotopic (exact) mass is 490 g/mol. The highest BCUT2D eigenvalue weighted by atomic mass is 16.5. The Morgan fingerprint density at radius 2 is 1.43 bits per heavy atom. The molecule has 3 aromatic rings. The quantitative estimate of drug-likeness (QED) is 0.373. The molecule has 1 aliphatic heterocycles. The number of carbonyl (C=O) groups is 3. The molecule has 3 amide bonds. The molecular formula is C31H26N2O4. The summed E-state index contributed by atoms with van der Waals surface area (Å²) in [5, 5.41) is 2.89. The molecule has 6 nitrogen and oxygen atoms in total. The first kappa shape index (κ1) is 22.0. The molecule has 0 radical (unpaired) electrons. The van der Waals surface area contributed by atoms with Gasteiger partial charge in [0.2, 0.25) is 11.8 Å². The van der Waals surface area contributed by atoms with Crippen LogP contribution in [0.4, 0.5) is 11.4 Å². The fourth-order valence-electron chi connectivity index (χ4n) is 6.55. The summed E-state index contributed by atoms with van der Waals surface area (Å²) in [5.74, 6) is 1.78. The van der Waals surface area contributed by atoms with E-state index in [1.165, 1.54) is 4.90 Å². The van der Waals surface area contributed by atoms with Gasteiger partial charge in [-0.15, -0.1) is 0 Å². The zero-order chi connectivity index (χ0) is 25.3. The first-order chi connectivity index (χ1) is 18.0. The Bertz CT molecular complexity index is 1420. The van der Waals surface area contributed by atoms with Gasteiger partial charge in [-0.2, -0.15) is 0 Å². The normalized spacial score (nSPS) is 28.6. The number of amides is 3. The Labute approximate surface area is 214 Å². The second kappa shape index (κ2) is 8.17. The average Bonchev–Trinajstić information content (AvgIpc) is 3.69. The Morgan fingerprint density at radius 1 is 0.838 bits per heavy atom. The third kappa shape index (κ3) is 3.58. The van der Waals surface area contributed by atoms with Crippen molar-refractivity contribution in [2.24, 2.45) is 35.5 Å². The molecule has 1 heterocycles. The van der Waals surface area contributed by atoms with Gasteiger partial charge < -0.3 is 10.1 Å². The van der Waals surface area contributed by atoms with Gasteiger partial charge in [0.15, 0.2) is 0 Å². The molecule has 8 rings (SSSR count). The summed E-state index contributed by atoms with van der Waals surface area (Å²) in [5.41, 5.74) is 2.63. The van der Waals surface area contributed by atoms with Crippen molar-refractivity contribution >= 4 is 29.1 Å². The van der Waals surface area contributed by atoms with Crippen molar-refractivity contribution in [2.45, 2.75) is 13.3 Å². The van der Waals surface area contributed by atoms with Crippen molar-refractivity contribution in [1.82, 2.24) is 0 Å². The van der Waals surface area contributed by atoms with Gasteiger partial charge in [-0.3, -0.25) is 14.4 Å². The summed E-state index contributed by atoms with van der Waals surface area (Å²) in [6, 6.07) is 21.7. The lowest BCUT2D eigenvalue weighted by atomic mass is 9.63. The van der Waals surface area contributed by atoms with Gasteiger partial charge >= 0.3 is 0 Å². The van der Waals surface area contributed by atoms with Gasteiger partial charge in [0.25, 0.3) is 5.91 Å². The number of rotatable bonds is 5. The maximum atomic E-state index is 13.4. The molecule has 4 aliphatic carbocycles. The van der Waals surface area contributed by atoms with Crippen LogP contribution in [-0.2, 0) is 9.59 Å². The molecule has 6 atom stereocenters. The molecule has 0 spiro atoms. The number of hydrogen-bond donors (Lipinski definition) is 1. The summed E-state index contributed by atoms with van der Waals surface area (Å²) in [7, 11) is 0. The Hall–Kier alpha value is -4.19. The minimum Gasteiger partial charge on any atom is -0.457 e. The highest BCUT2D eigenvalue weighted by Crippen LogP contribution is 2.65. The number of benzene rings is 3. The van der Waals surface area contributed by atoms with Crippen LogP contribution in [0.25, 0.3) is 0 Å². The third-order valence-corrected chi connectivity index (χ3v) is 8.40. The molecule has 3 fully saturated rings. The van der Waals surface area contributed by atoms with E-state index in [4.69, 9.17) is 4.74 Å². The molecule has 37 heavy (non-hydrogen) atoms. The molecule has 6 heteroatoms. The van der Waals surface area contributed by atoms with Crippen LogP contribution in [-0.4, -0.2) is 17.7 Å².